The van der Waals surface area contributed by atoms with Gasteiger partial charge in [-0.15, -0.1) is 11.3 Å². The quantitative estimate of drug-likeness (QED) is 0.603. The maximum atomic E-state index is 5.93. The number of fused-ring (bicyclic) bond motifs is 2. The number of benzene rings is 2. The highest BCUT2D eigenvalue weighted by Gasteiger charge is 2.08. The Kier molecular flexibility index (Phi) is 7.73. The van der Waals surface area contributed by atoms with Crippen molar-refractivity contribution in [1.82, 2.24) is 4.98 Å². The molecule has 0 spiro atoms. The van der Waals surface area contributed by atoms with Gasteiger partial charge in [0, 0.05) is 5.69 Å². The van der Waals surface area contributed by atoms with E-state index in [0.29, 0.717) is 70.0 Å². The predicted molar refractivity (Wildman–Crippen MR) is 123 cm³/mol. The number of hydrogen-bond acceptors (Lipinski definition) is 8. The molecule has 0 bridgehead atoms. The molecule has 0 radical (unpaired) electrons. The first-order valence-corrected chi connectivity index (χ1v) is 11.1. The van der Waals surface area contributed by atoms with Crippen molar-refractivity contribution in [2.24, 2.45) is 0 Å². The van der Waals surface area contributed by atoms with E-state index in [2.05, 4.69) is 4.98 Å². The minimum absolute atomic E-state index is 0.430. The predicted octanol–water partition coefficient (Wildman–Crippen LogP) is 3.87. The molecule has 1 aromatic heterocycles. The fourth-order valence-electron chi connectivity index (χ4n) is 3.02. The number of nitrogens with two attached hydrogens (primary N) is 1. The summed E-state index contributed by atoms with van der Waals surface area (Å²) in [5.41, 5.74) is 8.47. The van der Waals surface area contributed by atoms with Crippen LogP contribution in [0.2, 0.25) is 0 Å². The van der Waals surface area contributed by atoms with Gasteiger partial charge in [-0.25, -0.2) is 4.98 Å². The first-order valence-electron chi connectivity index (χ1n) is 10.2. The van der Waals surface area contributed by atoms with Gasteiger partial charge in [0.2, 0.25) is 0 Å². The van der Waals surface area contributed by atoms with Gasteiger partial charge < -0.3 is 29.4 Å². The Labute approximate surface area is 185 Å². The summed E-state index contributed by atoms with van der Waals surface area (Å²) in [4.78, 5) is 4.62. The van der Waals surface area contributed by atoms with E-state index in [4.69, 9.17) is 29.4 Å². The van der Waals surface area contributed by atoms with Crippen LogP contribution in [0.15, 0.2) is 36.4 Å². The van der Waals surface area contributed by atoms with Crippen molar-refractivity contribution < 1.29 is 23.7 Å². The van der Waals surface area contributed by atoms with Crippen LogP contribution in [0.5, 0.6) is 11.5 Å². The first-order chi connectivity index (χ1) is 15.3. The summed E-state index contributed by atoms with van der Waals surface area (Å²) >= 11 is 1.62. The number of nitrogen functional groups attached to an aromatic ring is 1. The van der Waals surface area contributed by atoms with E-state index in [-0.39, 0.29) is 0 Å². The molecule has 2 N–H and O–H groups in total. The molecule has 1 aliphatic rings. The summed E-state index contributed by atoms with van der Waals surface area (Å²) in [5, 5.41) is 0.918. The van der Waals surface area contributed by atoms with Gasteiger partial charge in [0.05, 0.1) is 49.9 Å². The monoisotopic (exact) mass is 442 g/mol. The topological polar surface area (TPSA) is 85.1 Å². The van der Waals surface area contributed by atoms with E-state index in [1.165, 1.54) is 0 Å². The maximum Gasteiger partial charge on any atom is 0.161 e. The van der Waals surface area contributed by atoms with Gasteiger partial charge in [0.1, 0.15) is 18.2 Å². The molecule has 0 aliphatic carbocycles. The summed E-state index contributed by atoms with van der Waals surface area (Å²) in [7, 11) is 0. The van der Waals surface area contributed by atoms with Crippen molar-refractivity contribution in [3.63, 3.8) is 0 Å². The second-order valence-corrected chi connectivity index (χ2v) is 7.92. The largest absolute Gasteiger partial charge is 0.487 e. The van der Waals surface area contributed by atoms with Crippen LogP contribution in [-0.4, -0.2) is 57.8 Å². The minimum Gasteiger partial charge on any atom is -0.487 e. The van der Waals surface area contributed by atoms with E-state index in [1.807, 2.05) is 48.6 Å². The number of hydrogen-bond donors (Lipinski definition) is 1. The Balaban J connectivity index is 1.47. The number of nitrogens with zero attached hydrogens (tertiary/aromatic N) is 1. The molecule has 0 unspecified atom stereocenters. The zero-order chi connectivity index (χ0) is 21.3. The maximum absolute atomic E-state index is 5.93. The lowest BCUT2D eigenvalue weighted by atomic mass is 10.2. The highest BCUT2D eigenvalue weighted by atomic mass is 32.1. The van der Waals surface area contributed by atoms with Gasteiger partial charge in [-0.1, -0.05) is 12.1 Å². The molecule has 0 amide bonds. The van der Waals surface area contributed by atoms with Crippen molar-refractivity contribution in [3.8, 4) is 11.5 Å². The molecule has 1 aliphatic heterocycles. The normalized spacial score (nSPS) is 16.8. The average molecular weight is 443 g/mol. The van der Waals surface area contributed by atoms with Crippen molar-refractivity contribution in [1.29, 1.82) is 0 Å². The Morgan fingerprint density at radius 1 is 0.742 bits per heavy atom. The van der Waals surface area contributed by atoms with Crippen molar-refractivity contribution in [2.75, 3.05) is 58.6 Å². The SMILES string of the molecule is Nc1ccc2sc(/C=C/c3ccc4c(c3)OCCOCCOCCOCCO4)nc2c1. The van der Waals surface area contributed by atoms with Crippen LogP contribution in [0.25, 0.3) is 22.4 Å². The Bertz CT molecular complexity index is 1020. The fraction of sp³-hybridized carbons (Fsp3) is 0.348. The van der Waals surface area contributed by atoms with E-state index in [9.17, 15) is 0 Å². The molecule has 2 heterocycles. The summed E-state index contributed by atoms with van der Waals surface area (Å²) in [6, 6.07) is 11.6. The molecular formula is C23H26N2O5S. The molecule has 31 heavy (non-hydrogen) atoms. The molecule has 164 valence electrons. The van der Waals surface area contributed by atoms with Crippen LogP contribution in [0, 0.1) is 0 Å². The molecule has 8 heteroatoms. The lowest BCUT2D eigenvalue weighted by molar-refractivity contribution is 0.00708. The zero-order valence-electron chi connectivity index (χ0n) is 17.2. The smallest absolute Gasteiger partial charge is 0.161 e. The van der Waals surface area contributed by atoms with Crippen LogP contribution in [-0.2, 0) is 14.2 Å². The van der Waals surface area contributed by atoms with Crippen LogP contribution in [0.4, 0.5) is 5.69 Å². The summed E-state index contributed by atoms with van der Waals surface area (Å²) < 4.78 is 29.4. The Morgan fingerprint density at radius 3 is 2.16 bits per heavy atom. The molecule has 0 saturated heterocycles. The number of anilines is 1. The minimum atomic E-state index is 0.430. The zero-order valence-corrected chi connectivity index (χ0v) is 18.1. The standard InChI is InChI=1S/C23H26N2O5S/c24-18-3-5-22-19(16-18)25-23(31-22)6-2-17-1-4-20-21(15-17)30-14-12-28-10-8-26-7-9-27-11-13-29-20/h1-6,15-16H,7-14,24H2/b6-2+. The molecular weight excluding hydrogens is 416 g/mol. The second kappa shape index (κ2) is 11.1. The summed E-state index contributed by atoms with van der Waals surface area (Å²) in [6.07, 6.45) is 4.00. The number of aromatic nitrogens is 1. The van der Waals surface area contributed by atoms with Crippen LogP contribution in [0.1, 0.15) is 10.6 Å². The van der Waals surface area contributed by atoms with Crippen molar-refractivity contribution in [2.45, 2.75) is 0 Å². The van der Waals surface area contributed by atoms with Crippen LogP contribution < -0.4 is 15.2 Å². The summed E-state index contributed by atoms with van der Waals surface area (Å²) in [6.45, 7) is 4.00. The first kappa shape index (κ1) is 21.6. The van der Waals surface area contributed by atoms with E-state index < -0.39 is 0 Å². The number of rotatable bonds is 2. The highest BCUT2D eigenvalue weighted by Crippen LogP contribution is 2.30. The highest BCUT2D eigenvalue weighted by molar-refractivity contribution is 7.19. The molecule has 7 nitrogen and oxygen atoms in total. The van der Waals surface area contributed by atoms with E-state index >= 15 is 0 Å². The third kappa shape index (κ3) is 6.41. The molecule has 3 aromatic rings. The van der Waals surface area contributed by atoms with Gasteiger partial charge in [0.15, 0.2) is 11.5 Å². The molecule has 0 fully saturated rings. The molecule has 0 saturated carbocycles. The van der Waals surface area contributed by atoms with Crippen LogP contribution >= 0.6 is 11.3 Å². The Hall–Kier alpha value is -2.65. The molecule has 4 rings (SSSR count). The molecule has 0 atom stereocenters. The van der Waals surface area contributed by atoms with Crippen molar-refractivity contribution in [3.05, 3.63) is 47.0 Å². The van der Waals surface area contributed by atoms with Crippen LogP contribution in [0.3, 0.4) is 0 Å². The average Bonchev–Trinajstić information content (AvgIpc) is 3.17. The third-order valence-electron chi connectivity index (χ3n) is 4.53. The van der Waals surface area contributed by atoms with Gasteiger partial charge in [-0.2, -0.15) is 0 Å². The van der Waals surface area contributed by atoms with E-state index in [1.54, 1.807) is 11.3 Å². The summed E-state index contributed by atoms with van der Waals surface area (Å²) in [5.74, 6) is 1.36. The fourth-order valence-corrected chi connectivity index (χ4v) is 3.88. The lowest BCUT2D eigenvalue weighted by Gasteiger charge is -2.13. The van der Waals surface area contributed by atoms with Crippen molar-refractivity contribution >= 4 is 39.4 Å². The Morgan fingerprint density at radius 2 is 1.42 bits per heavy atom. The van der Waals surface area contributed by atoms with Gasteiger partial charge >= 0.3 is 0 Å². The molecule has 2 aromatic carbocycles. The van der Waals surface area contributed by atoms with Gasteiger partial charge in [-0.3, -0.25) is 0 Å². The third-order valence-corrected chi connectivity index (χ3v) is 5.53. The van der Waals surface area contributed by atoms with Gasteiger partial charge in [-0.05, 0) is 42.0 Å². The number of thiazole rings is 1. The second-order valence-electron chi connectivity index (χ2n) is 6.85. The van der Waals surface area contributed by atoms with Gasteiger partial charge in [0.25, 0.3) is 0 Å². The number of ether oxygens (including phenoxy) is 5. The lowest BCUT2D eigenvalue weighted by Crippen LogP contribution is -2.13. The van der Waals surface area contributed by atoms with E-state index in [0.717, 1.165) is 20.8 Å².